The molecule has 19 heavy (non-hydrogen) atoms. The second-order valence-corrected chi connectivity index (χ2v) is 4.89. The minimum Gasteiger partial charge on any atom is -0.481 e. The van der Waals surface area contributed by atoms with Crippen molar-refractivity contribution in [2.75, 3.05) is 0 Å². The summed E-state index contributed by atoms with van der Waals surface area (Å²) in [7, 11) is 0. The summed E-state index contributed by atoms with van der Waals surface area (Å²) in [5.74, 6) is -1.95. The largest absolute Gasteiger partial charge is 0.481 e. The Balaban J connectivity index is 2.37. The number of hydrogen-bond donors (Lipinski definition) is 2. The van der Waals surface area contributed by atoms with Crippen LogP contribution in [0.3, 0.4) is 0 Å². The number of nitrogens with zero attached hydrogens (tertiary/aromatic N) is 1. The fourth-order valence-corrected chi connectivity index (χ4v) is 2.55. The summed E-state index contributed by atoms with van der Waals surface area (Å²) in [6.07, 6.45) is 1.12. The number of fused-ring (bicyclic) bond motifs is 1. The normalized spacial score (nSPS) is 21.2. The average Bonchev–Trinajstić information content (AvgIpc) is 2.38. The predicted molar refractivity (Wildman–Crippen MR) is 65.7 cm³/mol. The molecule has 0 amide bonds. The van der Waals surface area contributed by atoms with Crippen molar-refractivity contribution >= 4 is 11.9 Å². The maximum Gasteiger partial charge on any atom is 0.335 e. The van der Waals surface area contributed by atoms with Gasteiger partial charge in [-0.1, -0.05) is 6.07 Å². The van der Waals surface area contributed by atoms with E-state index in [0.717, 1.165) is 11.1 Å². The van der Waals surface area contributed by atoms with Crippen molar-refractivity contribution in [2.45, 2.75) is 25.7 Å². The summed E-state index contributed by atoms with van der Waals surface area (Å²) in [4.78, 5) is 22.3. The number of rotatable bonds is 3. The number of benzene rings is 1. The molecule has 0 aromatic heterocycles. The van der Waals surface area contributed by atoms with Gasteiger partial charge in [-0.3, -0.25) is 4.79 Å². The molecule has 98 valence electrons. The number of carbonyl (C=O) groups is 2. The molecule has 0 saturated heterocycles. The molecule has 1 aliphatic carbocycles. The Morgan fingerprint density at radius 1 is 1.32 bits per heavy atom. The van der Waals surface area contributed by atoms with E-state index in [1.54, 1.807) is 12.1 Å². The van der Waals surface area contributed by atoms with E-state index in [-0.39, 0.29) is 18.4 Å². The highest BCUT2D eigenvalue weighted by Gasteiger charge is 2.41. The topological polar surface area (TPSA) is 98.4 Å². The molecule has 0 saturated carbocycles. The zero-order chi connectivity index (χ0) is 14.0. The van der Waals surface area contributed by atoms with Crippen LogP contribution in [0.2, 0.25) is 0 Å². The number of aliphatic carboxylic acids is 1. The van der Waals surface area contributed by atoms with Crippen molar-refractivity contribution in [3.63, 3.8) is 0 Å². The molecule has 1 atom stereocenters. The lowest BCUT2D eigenvalue weighted by atomic mass is 9.69. The van der Waals surface area contributed by atoms with Crippen LogP contribution in [0.1, 0.15) is 34.3 Å². The zero-order valence-electron chi connectivity index (χ0n) is 10.2. The summed E-state index contributed by atoms with van der Waals surface area (Å²) < 4.78 is 0. The Hall–Kier alpha value is -2.35. The highest BCUT2D eigenvalue weighted by Crippen LogP contribution is 2.38. The van der Waals surface area contributed by atoms with E-state index in [0.29, 0.717) is 12.8 Å². The van der Waals surface area contributed by atoms with Crippen LogP contribution in [0.4, 0.5) is 0 Å². The van der Waals surface area contributed by atoms with E-state index in [4.69, 9.17) is 10.4 Å². The molecule has 1 aromatic rings. The molecule has 0 bridgehead atoms. The molecule has 1 aromatic carbocycles. The Morgan fingerprint density at radius 3 is 2.63 bits per heavy atom. The Morgan fingerprint density at radius 2 is 2.05 bits per heavy atom. The molecule has 5 nitrogen and oxygen atoms in total. The maximum absolute atomic E-state index is 11.4. The van der Waals surface area contributed by atoms with Crippen molar-refractivity contribution in [1.29, 1.82) is 5.26 Å². The molecule has 0 radical (unpaired) electrons. The monoisotopic (exact) mass is 259 g/mol. The van der Waals surface area contributed by atoms with Crippen molar-refractivity contribution < 1.29 is 19.8 Å². The molecular formula is C14H13NO4. The molecule has 0 fully saturated rings. The van der Waals surface area contributed by atoms with Crippen LogP contribution < -0.4 is 0 Å². The number of carboxylic acids is 2. The molecule has 2 rings (SSSR count). The van der Waals surface area contributed by atoms with Gasteiger partial charge in [0.2, 0.25) is 0 Å². The fourth-order valence-electron chi connectivity index (χ4n) is 2.55. The average molecular weight is 259 g/mol. The second-order valence-electron chi connectivity index (χ2n) is 4.89. The third kappa shape index (κ3) is 2.29. The van der Waals surface area contributed by atoms with E-state index < -0.39 is 17.4 Å². The third-order valence-electron chi connectivity index (χ3n) is 3.73. The van der Waals surface area contributed by atoms with Crippen LogP contribution in [0.5, 0.6) is 0 Å². The molecule has 1 unspecified atom stereocenters. The van der Waals surface area contributed by atoms with Gasteiger partial charge in [-0.25, -0.2) is 4.79 Å². The van der Waals surface area contributed by atoms with Gasteiger partial charge in [0, 0.05) is 0 Å². The molecular weight excluding hydrogens is 246 g/mol. The molecule has 5 heteroatoms. The van der Waals surface area contributed by atoms with Gasteiger partial charge in [-0.05, 0) is 42.5 Å². The second kappa shape index (κ2) is 4.73. The molecule has 0 heterocycles. The van der Waals surface area contributed by atoms with Crippen LogP contribution in [0, 0.1) is 16.7 Å². The lowest BCUT2D eigenvalue weighted by Gasteiger charge is -2.32. The number of aryl methyl sites for hydroxylation is 1. The van der Waals surface area contributed by atoms with Crippen LogP contribution in [0.15, 0.2) is 18.2 Å². The molecule has 0 aliphatic heterocycles. The molecule has 2 N–H and O–H groups in total. The number of nitriles is 1. The first kappa shape index (κ1) is 13.1. The summed E-state index contributed by atoms with van der Waals surface area (Å²) >= 11 is 0. The van der Waals surface area contributed by atoms with E-state index in [1.807, 2.05) is 6.07 Å². The summed E-state index contributed by atoms with van der Waals surface area (Å²) in [6, 6.07) is 6.68. The van der Waals surface area contributed by atoms with Crippen LogP contribution >= 0.6 is 0 Å². The van der Waals surface area contributed by atoms with Gasteiger partial charge in [0.1, 0.15) is 0 Å². The summed E-state index contributed by atoms with van der Waals surface area (Å²) in [5, 5.41) is 27.1. The van der Waals surface area contributed by atoms with Gasteiger partial charge in [-0.15, -0.1) is 0 Å². The highest BCUT2D eigenvalue weighted by molar-refractivity contribution is 5.88. The standard InChI is InChI=1S/C14H13NO4/c15-6-5-14(13(18)19)4-3-9-7-10(12(16)17)1-2-11(9)8-14/h1-2,7H,3-5,8H2,(H,16,17)(H,18,19). The summed E-state index contributed by atoms with van der Waals surface area (Å²) in [6.45, 7) is 0. The van der Waals surface area contributed by atoms with Crippen molar-refractivity contribution in [3.8, 4) is 6.07 Å². The minimum atomic E-state index is -1.04. The third-order valence-corrected chi connectivity index (χ3v) is 3.73. The Labute approximate surface area is 110 Å². The zero-order valence-corrected chi connectivity index (χ0v) is 10.2. The van der Waals surface area contributed by atoms with Gasteiger partial charge in [-0.2, -0.15) is 5.26 Å². The minimum absolute atomic E-state index is 0.0253. The number of carboxylic acid groups (broad SMARTS) is 2. The lowest BCUT2D eigenvalue weighted by Crippen LogP contribution is -2.36. The van der Waals surface area contributed by atoms with Crippen molar-refractivity contribution in [2.24, 2.45) is 5.41 Å². The highest BCUT2D eigenvalue weighted by atomic mass is 16.4. The van der Waals surface area contributed by atoms with Gasteiger partial charge in [0.05, 0.1) is 23.5 Å². The first-order valence-electron chi connectivity index (χ1n) is 5.94. The Bertz CT molecular complexity index is 588. The SMILES string of the molecule is N#CCC1(C(=O)O)CCc2cc(C(=O)O)ccc2C1. The van der Waals surface area contributed by atoms with Crippen molar-refractivity contribution in [3.05, 3.63) is 34.9 Å². The van der Waals surface area contributed by atoms with Gasteiger partial charge < -0.3 is 10.2 Å². The fraction of sp³-hybridized carbons (Fsp3) is 0.357. The van der Waals surface area contributed by atoms with Crippen molar-refractivity contribution in [1.82, 2.24) is 0 Å². The first-order valence-corrected chi connectivity index (χ1v) is 5.94. The van der Waals surface area contributed by atoms with Gasteiger partial charge in [0.25, 0.3) is 0 Å². The Kier molecular flexibility index (Phi) is 3.26. The number of hydrogen-bond acceptors (Lipinski definition) is 3. The quantitative estimate of drug-likeness (QED) is 0.863. The molecule has 0 spiro atoms. The van der Waals surface area contributed by atoms with Gasteiger partial charge >= 0.3 is 11.9 Å². The van der Waals surface area contributed by atoms with E-state index in [1.165, 1.54) is 6.07 Å². The van der Waals surface area contributed by atoms with Crippen LogP contribution in [0.25, 0.3) is 0 Å². The smallest absolute Gasteiger partial charge is 0.335 e. The van der Waals surface area contributed by atoms with Crippen LogP contribution in [-0.4, -0.2) is 22.2 Å². The van der Waals surface area contributed by atoms with Gasteiger partial charge in [0.15, 0.2) is 0 Å². The van der Waals surface area contributed by atoms with E-state index in [2.05, 4.69) is 0 Å². The lowest BCUT2D eigenvalue weighted by molar-refractivity contribution is -0.149. The first-order chi connectivity index (χ1) is 8.98. The van der Waals surface area contributed by atoms with E-state index >= 15 is 0 Å². The maximum atomic E-state index is 11.4. The molecule has 1 aliphatic rings. The summed E-state index contributed by atoms with van der Waals surface area (Å²) in [5.41, 5.74) is 0.873. The predicted octanol–water partition coefficient (Wildman–Crippen LogP) is 1.86. The van der Waals surface area contributed by atoms with Crippen LogP contribution in [-0.2, 0) is 17.6 Å². The van der Waals surface area contributed by atoms with E-state index in [9.17, 15) is 14.7 Å². The number of aromatic carboxylic acids is 1.